The van der Waals surface area contributed by atoms with Crippen molar-refractivity contribution in [2.24, 2.45) is 5.18 Å². The Morgan fingerprint density at radius 1 is 1.27 bits per heavy atom. The Kier molecular flexibility index (Phi) is 5.53. The Balaban J connectivity index is 1.52. The predicted octanol–water partition coefficient (Wildman–Crippen LogP) is 5.04. The lowest BCUT2D eigenvalue weighted by atomic mass is 10.1. The van der Waals surface area contributed by atoms with E-state index in [9.17, 15) is 19.2 Å². The second kappa shape index (κ2) is 8.64. The van der Waals surface area contributed by atoms with Gasteiger partial charge in [-0.05, 0) is 47.0 Å². The van der Waals surface area contributed by atoms with Crippen LogP contribution in [0.25, 0.3) is 10.9 Å². The van der Waals surface area contributed by atoms with E-state index in [-0.39, 0.29) is 43.8 Å². The molecule has 0 saturated carbocycles. The topological polar surface area (TPSA) is 102 Å². The highest BCUT2D eigenvalue weighted by Crippen LogP contribution is 2.41. The molecule has 10 heteroatoms. The van der Waals surface area contributed by atoms with Crippen molar-refractivity contribution in [3.05, 3.63) is 74.6 Å². The molecule has 1 aliphatic rings. The SMILES string of the molecule is O=Nc1c(O)n(Cc2cc(F)cc3c2OCOC3)c2cc(NC(=O)Cc3cccs3)ccc12. The number of hydrogen-bond acceptors (Lipinski definition) is 7. The van der Waals surface area contributed by atoms with Gasteiger partial charge in [-0.15, -0.1) is 16.2 Å². The first-order valence-electron chi connectivity index (χ1n) is 10.1. The summed E-state index contributed by atoms with van der Waals surface area (Å²) < 4.78 is 26.4. The average molecular weight is 467 g/mol. The number of aromatic nitrogens is 1. The van der Waals surface area contributed by atoms with Gasteiger partial charge in [0.15, 0.2) is 12.5 Å². The van der Waals surface area contributed by atoms with Crippen molar-refractivity contribution in [1.29, 1.82) is 0 Å². The van der Waals surface area contributed by atoms with Gasteiger partial charge in [-0.25, -0.2) is 4.39 Å². The molecule has 0 spiro atoms. The molecule has 1 aliphatic heterocycles. The highest BCUT2D eigenvalue weighted by Gasteiger charge is 2.22. The molecule has 0 bridgehead atoms. The van der Waals surface area contributed by atoms with E-state index in [0.29, 0.717) is 33.5 Å². The molecule has 33 heavy (non-hydrogen) atoms. The molecule has 3 heterocycles. The molecule has 168 valence electrons. The van der Waals surface area contributed by atoms with Gasteiger partial charge in [0.2, 0.25) is 11.8 Å². The molecule has 0 radical (unpaired) electrons. The third kappa shape index (κ3) is 4.06. The van der Waals surface area contributed by atoms with E-state index in [1.54, 1.807) is 18.2 Å². The monoisotopic (exact) mass is 467 g/mol. The number of ether oxygens (including phenoxy) is 2. The first-order chi connectivity index (χ1) is 16.0. The van der Waals surface area contributed by atoms with Crippen LogP contribution in [0.15, 0.2) is 53.0 Å². The number of aromatic hydroxyl groups is 1. The summed E-state index contributed by atoms with van der Waals surface area (Å²) >= 11 is 1.49. The summed E-state index contributed by atoms with van der Waals surface area (Å²) in [5, 5.41) is 18.8. The number of hydrogen-bond donors (Lipinski definition) is 2. The Morgan fingerprint density at radius 3 is 2.94 bits per heavy atom. The normalized spacial score (nSPS) is 12.9. The van der Waals surface area contributed by atoms with Crippen molar-refractivity contribution < 1.29 is 23.8 Å². The van der Waals surface area contributed by atoms with Crippen molar-refractivity contribution >= 4 is 39.5 Å². The molecule has 0 unspecified atom stereocenters. The lowest BCUT2D eigenvalue weighted by molar-refractivity contribution is -0.115. The molecule has 8 nitrogen and oxygen atoms in total. The molecular weight excluding hydrogens is 449 g/mol. The van der Waals surface area contributed by atoms with Crippen LogP contribution in [0.3, 0.4) is 0 Å². The Hall–Kier alpha value is -3.76. The first kappa shape index (κ1) is 21.1. The molecule has 0 atom stereocenters. The molecule has 2 aromatic carbocycles. The van der Waals surface area contributed by atoms with Gasteiger partial charge in [-0.3, -0.25) is 4.79 Å². The van der Waals surface area contributed by atoms with Gasteiger partial charge in [-0.1, -0.05) is 6.07 Å². The second-order valence-corrected chi connectivity index (χ2v) is 8.58. The van der Waals surface area contributed by atoms with Crippen LogP contribution in [0.5, 0.6) is 11.6 Å². The maximum Gasteiger partial charge on any atom is 0.229 e. The number of carbonyl (C=O) groups is 1. The van der Waals surface area contributed by atoms with E-state index >= 15 is 0 Å². The quantitative estimate of drug-likeness (QED) is 0.387. The molecule has 0 saturated heterocycles. The zero-order valence-electron chi connectivity index (χ0n) is 17.2. The van der Waals surface area contributed by atoms with Crippen LogP contribution in [-0.4, -0.2) is 22.4 Å². The fourth-order valence-corrected chi connectivity index (χ4v) is 4.67. The van der Waals surface area contributed by atoms with Crippen molar-refractivity contribution in [2.45, 2.75) is 19.6 Å². The molecule has 1 amide bonds. The zero-order chi connectivity index (χ0) is 22.9. The summed E-state index contributed by atoms with van der Waals surface area (Å²) in [4.78, 5) is 24.8. The summed E-state index contributed by atoms with van der Waals surface area (Å²) in [5.41, 5.74) is 1.86. The summed E-state index contributed by atoms with van der Waals surface area (Å²) in [5.74, 6) is -0.540. The summed E-state index contributed by atoms with van der Waals surface area (Å²) in [6.45, 7) is 0.260. The first-order valence-corrected chi connectivity index (χ1v) is 10.9. The number of anilines is 1. The fourth-order valence-electron chi connectivity index (χ4n) is 3.97. The number of thiophene rings is 1. The van der Waals surface area contributed by atoms with Crippen molar-refractivity contribution in [2.75, 3.05) is 12.1 Å². The summed E-state index contributed by atoms with van der Waals surface area (Å²) in [7, 11) is 0. The fraction of sp³-hybridized carbons (Fsp3) is 0.174. The third-order valence-electron chi connectivity index (χ3n) is 5.38. The summed E-state index contributed by atoms with van der Waals surface area (Å²) in [6, 6.07) is 11.3. The van der Waals surface area contributed by atoms with Gasteiger partial charge in [0.05, 0.1) is 25.1 Å². The van der Waals surface area contributed by atoms with Crippen LogP contribution < -0.4 is 10.1 Å². The minimum atomic E-state index is -0.468. The molecule has 0 aliphatic carbocycles. The van der Waals surface area contributed by atoms with Gasteiger partial charge in [0, 0.05) is 27.1 Å². The van der Waals surface area contributed by atoms with Crippen LogP contribution in [-0.2, 0) is 29.1 Å². The second-order valence-electron chi connectivity index (χ2n) is 7.55. The maximum absolute atomic E-state index is 14.2. The Morgan fingerprint density at radius 2 is 2.15 bits per heavy atom. The van der Waals surface area contributed by atoms with Crippen LogP contribution in [0.4, 0.5) is 15.8 Å². The minimum Gasteiger partial charge on any atom is -0.493 e. The molecular formula is C23H18FN3O5S. The van der Waals surface area contributed by atoms with E-state index in [2.05, 4.69) is 10.5 Å². The summed E-state index contributed by atoms with van der Waals surface area (Å²) in [6.07, 6.45) is 0.234. The smallest absolute Gasteiger partial charge is 0.229 e. The van der Waals surface area contributed by atoms with Gasteiger partial charge < -0.3 is 24.5 Å². The van der Waals surface area contributed by atoms with E-state index in [4.69, 9.17) is 9.47 Å². The number of carbonyl (C=O) groups excluding carboxylic acids is 1. The largest absolute Gasteiger partial charge is 0.493 e. The predicted molar refractivity (Wildman–Crippen MR) is 121 cm³/mol. The number of benzene rings is 2. The van der Waals surface area contributed by atoms with Gasteiger partial charge in [0.1, 0.15) is 11.6 Å². The van der Waals surface area contributed by atoms with Crippen molar-refractivity contribution in [3.63, 3.8) is 0 Å². The molecule has 2 aromatic heterocycles. The highest BCUT2D eigenvalue weighted by atomic mass is 32.1. The maximum atomic E-state index is 14.2. The molecule has 5 rings (SSSR count). The molecule has 2 N–H and O–H groups in total. The van der Waals surface area contributed by atoms with Crippen LogP contribution in [0.2, 0.25) is 0 Å². The van der Waals surface area contributed by atoms with E-state index in [0.717, 1.165) is 4.88 Å². The Bertz CT molecular complexity index is 1370. The third-order valence-corrected chi connectivity index (χ3v) is 6.26. The van der Waals surface area contributed by atoms with Crippen LogP contribution in [0.1, 0.15) is 16.0 Å². The number of rotatable bonds is 6. The number of halogens is 1. The van der Waals surface area contributed by atoms with E-state index in [1.165, 1.54) is 28.0 Å². The standard InChI is InChI=1S/C23H18FN3O5S/c24-15-6-13(22-14(7-15)11-31-12-32-22)10-27-19-8-16(3-4-18(19)21(26-30)23(27)29)25-20(28)9-17-2-1-5-33-17/h1-8,29H,9-12H2,(H,25,28). The number of nitrogens with one attached hydrogen (secondary N) is 1. The van der Waals surface area contributed by atoms with Crippen molar-refractivity contribution in [1.82, 2.24) is 4.57 Å². The zero-order valence-corrected chi connectivity index (χ0v) is 18.0. The molecule has 0 fully saturated rings. The van der Waals surface area contributed by atoms with Crippen LogP contribution >= 0.6 is 11.3 Å². The minimum absolute atomic E-state index is 0.0184. The number of nitrogens with zero attached hydrogens (tertiary/aromatic N) is 2. The van der Waals surface area contributed by atoms with Gasteiger partial charge in [0.25, 0.3) is 0 Å². The number of fused-ring (bicyclic) bond motifs is 2. The van der Waals surface area contributed by atoms with Crippen LogP contribution in [0, 0.1) is 10.7 Å². The lowest BCUT2D eigenvalue weighted by Gasteiger charge is -2.21. The van der Waals surface area contributed by atoms with E-state index < -0.39 is 5.82 Å². The van der Waals surface area contributed by atoms with Gasteiger partial charge >= 0.3 is 0 Å². The Labute approximate surface area is 191 Å². The number of nitroso groups, excluding NO2 is 1. The molecule has 4 aromatic rings. The highest BCUT2D eigenvalue weighted by molar-refractivity contribution is 7.10. The van der Waals surface area contributed by atoms with E-state index in [1.807, 2.05) is 17.5 Å². The van der Waals surface area contributed by atoms with Gasteiger partial charge in [-0.2, -0.15) is 0 Å². The average Bonchev–Trinajstić information content (AvgIpc) is 3.39. The lowest BCUT2D eigenvalue weighted by Crippen LogP contribution is -2.15. The number of amides is 1. The van der Waals surface area contributed by atoms with Crippen molar-refractivity contribution in [3.8, 4) is 11.6 Å².